The molecule has 2 aromatic carbocycles. The second-order valence-corrected chi connectivity index (χ2v) is 5.44. The van der Waals surface area contributed by atoms with Crippen LogP contribution in [0.4, 0.5) is 0 Å². The lowest BCUT2D eigenvalue weighted by atomic mass is 10.2. The number of rotatable bonds is 4. The van der Waals surface area contributed by atoms with Crippen LogP contribution in [0.25, 0.3) is 0 Å². The fourth-order valence-corrected chi connectivity index (χ4v) is 2.07. The normalized spacial score (nSPS) is 9.80. The molecule has 8 heteroatoms. The van der Waals surface area contributed by atoms with Crippen LogP contribution in [0.3, 0.4) is 0 Å². The molecule has 0 radical (unpaired) electrons. The lowest BCUT2D eigenvalue weighted by Gasteiger charge is -2.12. The van der Waals surface area contributed by atoms with Gasteiger partial charge in [0.2, 0.25) is 0 Å². The number of carbonyl (C=O) groups excluding carboxylic acids is 2. The van der Waals surface area contributed by atoms with Crippen molar-refractivity contribution in [1.82, 2.24) is 16.2 Å². The highest BCUT2D eigenvalue weighted by molar-refractivity contribution is 7.80. The number of hydrogen-bond acceptors (Lipinski definition) is 5. The van der Waals surface area contributed by atoms with Crippen LogP contribution in [0.5, 0.6) is 11.5 Å². The summed E-state index contributed by atoms with van der Waals surface area (Å²) in [7, 11) is 0. The molecule has 130 valence electrons. The quantitative estimate of drug-likeness (QED) is 0.487. The number of ether oxygens (including phenoxy) is 1. The summed E-state index contributed by atoms with van der Waals surface area (Å²) in [5, 5.41) is 11.9. The molecule has 0 atom stereocenters. The van der Waals surface area contributed by atoms with Gasteiger partial charge in [-0.2, -0.15) is 0 Å². The molecule has 0 fully saturated rings. The van der Waals surface area contributed by atoms with Crippen LogP contribution in [0, 0.1) is 6.92 Å². The van der Waals surface area contributed by atoms with Gasteiger partial charge in [-0.05, 0) is 42.9 Å². The first-order valence-electron chi connectivity index (χ1n) is 7.34. The molecule has 7 nitrogen and oxygen atoms in total. The molecule has 0 aliphatic rings. The summed E-state index contributed by atoms with van der Waals surface area (Å²) in [5.74, 6) is -0.629. The fraction of sp³-hybridized carbons (Fsp3) is 0.118. The number of aryl methyl sites for hydroxylation is 1. The zero-order chi connectivity index (χ0) is 18.2. The number of aromatic hydroxyl groups is 1. The first-order valence-corrected chi connectivity index (χ1v) is 7.75. The van der Waals surface area contributed by atoms with E-state index in [-0.39, 0.29) is 23.0 Å². The van der Waals surface area contributed by atoms with E-state index in [2.05, 4.69) is 16.2 Å². The molecular formula is C17H17N3O4S. The molecule has 0 aromatic heterocycles. The molecule has 2 rings (SSSR count). The van der Waals surface area contributed by atoms with Crippen molar-refractivity contribution in [3.63, 3.8) is 0 Å². The van der Waals surface area contributed by atoms with Gasteiger partial charge >= 0.3 is 0 Å². The second-order valence-electron chi connectivity index (χ2n) is 5.03. The van der Waals surface area contributed by atoms with Gasteiger partial charge in [0.15, 0.2) is 11.7 Å². The van der Waals surface area contributed by atoms with Gasteiger partial charge in [-0.3, -0.25) is 25.8 Å². The number of carbonyl (C=O) groups is 2. The van der Waals surface area contributed by atoms with Gasteiger partial charge < -0.3 is 9.84 Å². The van der Waals surface area contributed by atoms with E-state index in [1.54, 1.807) is 24.3 Å². The molecule has 0 saturated heterocycles. The minimum atomic E-state index is -0.592. The maximum atomic E-state index is 11.9. The average Bonchev–Trinajstić information content (AvgIpc) is 2.59. The lowest BCUT2D eigenvalue weighted by Crippen LogP contribution is -2.49. The van der Waals surface area contributed by atoms with Crippen LogP contribution >= 0.6 is 12.2 Å². The zero-order valence-electron chi connectivity index (χ0n) is 13.4. The highest BCUT2D eigenvalue weighted by Crippen LogP contribution is 2.16. The Morgan fingerprint density at radius 1 is 1.08 bits per heavy atom. The Bertz CT molecular complexity index is 795. The largest absolute Gasteiger partial charge is 0.507 e. The van der Waals surface area contributed by atoms with E-state index < -0.39 is 11.8 Å². The Morgan fingerprint density at radius 3 is 2.48 bits per heavy atom. The number of benzene rings is 2. The number of amides is 2. The molecule has 0 bridgehead atoms. The summed E-state index contributed by atoms with van der Waals surface area (Å²) in [6, 6.07) is 13.3. The van der Waals surface area contributed by atoms with Crippen molar-refractivity contribution in [2.24, 2.45) is 0 Å². The minimum Gasteiger partial charge on any atom is -0.507 e. The highest BCUT2D eigenvalue weighted by Gasteiger charge is 2.11. The molecule has 0 heterocycles. The van der Waals surface area contributed by atoms with Crippen molar-refractivity contribution >= 4 is 29.1 Å². The monoisotopic (exact) mass is 359 g/mol. The minimum absolute atomic E-state index is 0.0759. The predicted molar refractivity (Wildman–Crippen MR) is 96.1 cm³/mol. The topological polar surface area (TPSA) is 99.7 Å². The van der Waals surface area contributed by atoms with Gasteiger partial charge in [0.05, 0.1) is 5.56 Å². The third kappa shape index (κ3) is 5.47. The van der Waals surface area contributed by atoms with Crippen molar-refractivity contribution in [1.29, 1.82) is 0 Å². The summed E-state index contributed by atoms with van der Waals surface area (Å²) in [6.45, 7) is 1.65. The van der Waals surface area contributed by atoms with Crippen LogP contribution in [0.2, 0.25) is 0 Å². The first kappa shape index (κ1) is 18.2. The SMILES string of the molecule is Cc1ccccc1OCC(=O)NC(=S)NNC(=O)c1ccccc1O. The van der Waals surface area contributed by atoms with Gasteiger partial charge in [0, 0.05) is 0 Å². The molecule has 2 amide bonds. The van der Waals surface area contributed by atoms with Crippen molar-refractivity contribution in [3.05, 3.63) is 59.7 Å². The van der Waals surface area contributed by atoms with E-state index in [9.17, 15) is 14.7 Å². The Labute approximate surface area is 150 Å². The number of phenolic OH excluding ortho intramolecular Hbond substituents is 1. The molecule has 25 heavy (non-hydrogen) atoms. The van der Waals surface area contributed by atoms with Crippen LogP contribution in [-0.2, 0) is 4.79 Å². The van der Waals surface area contributed by atoms with Gasteiger partial charge in [-0.1, -0.05) is 30.3 Å². The molecular weight excluding hydrogens is 342 g/mol. The van der Waals surface area contributed by atoms with Crippen molar-refractivity contribution in [2.45, 2.75) is 6.92 Å². The Balaban J connectivity index is 1.76. The first-order chi connectivity index (χ1) is 12.0. The molecule has 0 saturated carbocycles. The molecule has 0 aliphatic carbocycles. The third-order valence-electron chi connectivity index (χ3n) is 3.14. The Morgan fingerprint density at radius 2 is 1.76 bits per heavy atom. The van der Waals surface area contributed by atoms with Crippen LogP contribution in [0.15, 0.2) is 48.5 Å². The Kier molecular flexibility index (Phi) is 6.30. The smallest absolute Gasteiger partial charge is 0.273 e. The summed E-state index contributed by atoms with van der Waals surface area (Å²) in [5.41, 5.74) is 5.65. The molecule has 0 spiro atoms. The predicted octanol–water partition coefficient (Wildman–Crippen LogP) is 1.42. The van der Waals surface area contributed by atoms with Crippen LogP contribution in [-0.4, -0.2) is 28.6 Å². The highest BCUT2D eigenvalue weighted by atomic mass is 32.1. The maximum absolute atomic E-state index is 11.9. The summed E-state index contributed by atoms with van der Waals surface area (Å²) in [6.07, 6.45) is 0. The van der Waals surface area contributed by atoms with E-state index in [4.69, 9.17) is 17.0 Å². The van der Waals surface area contributed by atoms with Gasteiger partial charge in [0.25, 0.3) is 11.8 Å². The van der Waals surface area contributed by atoms with Crippen molar-refractivity contribution in [3.8, 4) is 11.5 Å². The van der Waals surface area contributed by atoms with E-state index in [0.29, 0.717) is 5.75 Å². The van der Waals surface area contributed by atoms with E-state index >= 15 is 0 Å². The number of nitrogens with one attached hydrogen (secondary N) is 3. The second kappa shape index (κ2) is 8.65. The van der Waals surface area contributed by atoms with Gasteiger partial charge in [-0.25, -0.2) is 0 Å². The number of thiocarbonyl (C=S) groups is 1. The summed E-state index contributed by atoms with van der Waals surface area (Å²) in [4.78, 5) is 23.7. The maximum Gasteiger partial charge on any atom is 0.273 e. The van der Waals surface area contributed by atoms with E-state index in [1.165, 1.54) is 12.1 Å². The van der Waals surface area contributed by atoms with Crippen LogP contribution in [0.1, 0.15) is 15.9 Å². The number of para-hydroxylation sites is 2. The summed E-state index contributed by atoms with van der Waals surface area (Å²) < 4.78 is 5.39. The van der Waals surface area contributed by atoms with E-state index in [1.807, 2.05) is 19.1 Å². The number of hydrazine groups is 1. The number of phenols is 1. The Hall–Kier alpha value is -3.13. The van der Waals surface area contributed by atoms with Crippen LogP contribution < -0.4 is 20.9 Å². The molecule has 2 aromatic rings. The molecule has 0 unspecified atom stereocenters. The standard InChI is InChI=1S/C17H17N3O4S/c1-11-6-2-5-9-14(11)24-10-15(22)18-17(25)20-19-16(23)12-7-3-4-8-13(12)21/h2-9,21H,10H2,1H3,(H,19,23)(H2,18,20,22,25). The fourth-order valence-electron chi connectivity index (χ4n) is 1.90. The van der Waals surface area contributed by atoms with Gasteiger partial charge in [-0.15, -0.1) is 0 Å². The molecule has 4 N–H and O–H groups in total. The van der Waals surface area contributed by atoms with Gasteiger partial charge in [0.1, 0.15) is 11.5 Å². The van der Waals surface area contributed by atoms with E-state index in [0.717, 1.165) is 5.56 Å². The third-order valence-corrected chi connectivity index (χ3v) is 3.35. The average molecular weight is 359 g/mol. The lowest BCUT2D eigenvalue weighted by molar-refractivity contribution is -0.121. The van der Waals surface area contributed by atoms with Crippen molar-refractivity contribution < 1.29 is 19.4 Å². The van der Waals surface area contributed by atoms with Crippen molar-refractivity contribution in [2.75, 3.05) is 6.61 Å². The zero-order valence-corrected chi connectivity index (χ0v) is 14.2. The summed E-state index contributed by atoms with van der Waals surface area (Å²) >= 11 is 4.91. The number of hydrogen-bond donors (Lipinski definition) is 4. The molecule has 0 aliphatic heterocycles.